The molecule has 1 aliphatic heterocycles. The number of para-hydroxylation sites is 1. The zero-order chi connectivity index (χ0) is 27.1. The number of sulfonamides is 1. The van der Waals surface area contributed by atoms with E-state index in [0.29, 0.717) is 10.4 Å². The van der Waals surface area contributed by atoms with E-state index in [9.17, 15) is 41.4 Å². The number of phenols is 1. The third-order valence-electron chi connectivity index (χ3n) is 5.82. The molecule has 4 rings (SSSR count). The maximum absolute atomic E-state index is 13.7. The van der Waals surface area contributed by atoms with E-state index in [1.54, 1.807) is 0 Å². The topological polar surface area (TPSA) is 115 Å². The number of alkyl halides is 3. The highest BCUT2D eigenvalue weighted by Crippen LogP contribution is 2.38. The van der Waals surface area contributed by atoms with Crippen LogP contribution in [0.1, 0.15) is 21.5 Å². The Morgan fingerprint density at radius 1 is 0.973 bits per heavy atom. The summed E-state index contributed by atoms with van der Waals surface area (Å²) >= 11 is 6.02. The predicted molar refractivity (Wildman–Crippen MR) is 127 cm³/mol. The third kappa shape index (κ3) is 4.99. The highest BCUT2D eigenvalue weighted by molar-refractivity contribution is 7.89. The van der Waals surface area contributed by atoms with Gasteiger partial charge in [-0.1, -0.05) is 35.9 Å². The summed E-state index contributed by atoms with van der Waals surface area (Å²) in [6.07, 6.45) is -4.94. The van der Waals surface area contributed by atoms with E-state index >= 15 is 0 Å². The van der Waals surface area contributed by atoms with Crippen molar-refractivity contribution in [2.24, 2.45) is 0 Å². The number of phenolic OH excluding ortho intramolecular Hbond substituents is 1. The zero-order valence-electron chi connectivity index (χ0n) is 18.7. The minimum atomic E-state index is -4.94. The molecule has 1 amide bonds. The Labute approximate surface area is 214 Å². The van der Waals surface area contributed by atoms with Crippen LogP contribution in [0.5, 0.6) is 5.75 Å². The molecule has 2 N–H and O–H groups in total. The van der Waals surface area contributed by atoms with Crippen LogP contribution in [-0.2, 0) is 27.5 Å². The molecule has 3 aromatic carbocycles. The van der Waals surface area contributed by atoms with Crippen molar-refractivity contribution in [2.75, 3.05) is 11.4 Å². The number of nitrogens with zero attached hydrogens (tertiary/aromatic N) is 2. The maximum atomic E-state index is 13.7. The van der Waals surface area contributed by atoms with E-state index in [1.165, 1.54) is 24.3 Å². The number of carboxylic acids is 1. The standard InChI is InChI=1S/C24H18ClF3N2O6S/c25-18-6-3-5-17(24(26,27)28)21(18)22(32)29-13-20(23(33)34)30(12-14-4-1-2-7-19(14)29)37(35,36)16-10-8-15(31)9-11-16/h1-11,20,31H,12-13H2,(H,33,34). The van der Waals surface area contributed by atoms with Crippen molar-refractivity contribution in [3.05, 3.63) is 88.4 Å². The van der Waals surface area contributed by atoms with Crippen molar-refractivity contribution < 1.29 is 41.4 Å². The first kappa shape index (κ1) is 26.5. The molecular weight excluding hydrogens is 537 g/mol. The van der Waals surface area contributed by atoms with Crippen LogP contribution >= 0.6 is 11.6 Å². The lowest BCUT2D eigenvalue weighted by molar-refractivity contribution is -0.141. The molecule has 194 valence electrons. The molecule has 0 spiro atoms. The molecule has 8 nitrogen and oxygen atoms in total. The molecule has 0 saturated carbocycles. The van der Waals surface area contributed by atoms with E-state index < -0.39 is 63.4 Å². The van der Waals surface area contributed by atoms with Gasteiger partial charge < -0.3 is 15.1 Å². The summed E-state index contributed by atoms with van der Waals surface area (Å²) in [6.45, 7) is -1.29. The monoisotopic (exact) mass is 554 g/mol. The van der Waals surface area contributed by atoms with Gasteiger partial charge in [-0.3, -0.25) is 9.59 Å². The lowest BCUT2D eigenvalue weighted by atomic mass is 10.0. The first-order valence-electron chi connectivity index (χ1n) is 10.6. The van der Waals surface area contributed by atoms with Gasteiger partial charge in [0, 0.05) is 12.2 Å². The average molecular weight is 555 g/mol. The van der Waals surface area contributed by atoms with Gasteiger partial charge in [0.2, 0.25) is 10.0 Å². The second-order valence-corrected chi connectivity index (χ2v) is 10.4. The lowest BCUT2D eigenvalue weighted by Crippen LogP contribution is -2.50. The van der Waals surface area contributed by atoms with Crippen molar-refractivity contribution in [1.29, 1.82) is 0 Å². The summed E-state index contributed by atoms with van der Waals surface area (Å²) in [5.74, 6) is -3.07. The lowest BCUT2D eigenvalue weighted by Gasteiger charge is -2.29. The Bertz CT molecular complexity index is 1480. The van der Waals surface area contributed by atoms with Crippen molar-refractivity contribution in [2.45, 2.75) is 23.7 Å². The number of carbonyl (C=O) groups is 2. The van der Waals surface area contributed by atoms with Crippen LogP contribution in [-0.4, -0.2) is 47.4 Å². The molecule has 0 aliphatic carbocycles. The Morgan fingerprint density at radius 3 is 2.24 bits per heavy atom. The molecular formula is C24H18ClF3N2O6S. The van der Waals surface area contributed by atoms with Crippen LogP contribution in [0.15, 0.2) is 71.6 Å². The third-order valence-corrected chi connectivity index (χ3v) is 8.00. The SMILES string of the molecule is O=C(O)C1CN(C(=O)c2c(Cl)cccc2C(F)(F)F)c2ccccc2CN1S(=O)(=O)c1ccc(O)cc1. The van der Waals surface area contributed by atoms with Gasteiger partial charge >= 0.3 is 12.1 Å². The number of aromatic hydroxyl groups is 1. The van der Waals surface area contributed by atoms with E-state index in [2.05, 4.69) is 0 Å². The van der Waals surface area contributed by atoms with Crippen molar-refractivity contribution in [3.63, 3.8) is 0 Å². The normalized spacial score (nSPS) is 16.6. The number of anilines is 1. The highest BCUT2D eigenvalue weighted by Gasteiger charge is 2.44. The maximum Gasteiger partial charge on any atom is 0.417 e. The van der Waals surface area contributed by atoms with Crippen molar-refractivity contribution in [3.8, 4) is 5.75 Å². The number of halogens is 4. The van der Waals surface area contributed by atoms with E-state index in [-0.39, 0.29) is 21.9 Å². The molecule has 1 unspecified atom stereocenters. The van der Waals surface area contributed by atoms with Crippen LogP contribution in [0.3, 0.4) is 0 Å². The van der Waals surface area contributed by atoms with Gasteiger partial charge in [0.05, 0.1) is 27.6 Å². The number of benzene rings is 3. The summed E-state index contributed by atoms with van der Waals surface area (Å²) < 4.78 is 68.8. The van der Waals surface area contributed by atoms with Gasteiger partial charge in [-0.15, -0.1) is 0 Å². The number of aliphatic carboxylic acids is 1. The molecule has 1 heterocycles. The van der Waals surface area contributed by atoms with Gasteiger partial charge in [0.25, 0.3) is 5.91 Å². The Hall–Kier alpha value is -3.61. The van der Waals surface area contributed by atoms with Gasteiger partial charge in [-0.05, 0) is 48.0 Å². The number of rotatable bonds is 4. The Kier molecular flexibility index (Phi) is 6.93. The van der Waals surface area contributed by atoms with Crippen molar-refractivity contribution in [1.82, 2.24) is 4.31 Å². The average Bonchev–Trinajstić information content (AvgIpc) is 3.01. The molecule has 37 heavy (non-hydrogen) atoms. The summed E-state index contributed by atoms with van der Waals surface area (Å²) in [6, 6.07) is 11.2. The molecule has 3 aromatic rings. The van der Waals surface area contributed by atoms with E-state index in [0.717, 1.165) is 41.3 Å². The van der Waals surface area contributed by atoms with Crippen molar-refractivity contribution >= 4 is 39.2 Å². The fraction of sp³-hybridized carbons (Fsp3) is 0.167. The number of amides is 1. The smallest absolute Gasteiger partial charge is 0.417 e. The quantitative estimate of drug-likeness (QED) is 0.495. The van der Waals surface area contributed by atoms with Crippen LogP contribution in [0.4, 0.5) is 18.9 Å². The number of fused-ring (bicyclic) bond motifs is 1. The molecule has 13 heteroatoms. The molecule has 0 aromatic heterocycles. The van der Waals surface area contributed by atoms with Gasteiger partial charge in [0.1, 0.15) is 11.8 Å². The number of carboxylic acid groups (broad SMARTS) is 1. The number of carbonyl (C=O) groups excluding carboxylic acids is 1. The minimum absolute atomic E-state index is 0.0372. The highest BCUT2D eigenvalue weighted by atomic mass is 35.5. The van der Waals surface area contributed by atoms with Crippen LogP contribution in [0, 0.1) is 0 Å². The molecule has 0 fully saturated rings. The Balaban J connectivity index is 1.88. The summed E-state index contributed by atoms with van der Waals surface area (Å²) in [7, 11) is -4.50. The minimum Gasteiger partial charge on any atom is -0.508 e. The summed E-state index contributed by atoms with van der Waals surface area (Å²) in [5.41, 5.74) is -1.98. The summed E-state index contributed by atoms with van der Waals surface area (Å²) in [4.78, 5) is 26.4. The number of hydrogen-bond acceptors (Lipinski definition) is 5. The second kappa shape index (κ2) is 9.69. The van der Waals surface area contributed by atoms with Gasteiger partial charge in [0.15, 0.2) is 0 Å². The first-order chi connectivity index (χ1) is 17.3. The Morgan fingerprint density at radius 2 is 1.62 bits per heavy atom. The predicted octanol–water partition coefficient (Wildman–Crippen LogP) is 4.37. The summed E-state index contributed by atoms with van der Waals surface area (Å²) in [5, 5.41) is 19.0. The fourth-order valence-corrected chi connectivity index (χ4v) is 5.87. The molecule has 0 saturated heterocycles. The largest absolute Gasteiger partial charge is 0.508 e. The molecule has 0 bridgehead atoms. The molecule has 1 atom stereocenters. The van der Waals surface area contributed by atoms with Crippen LogP contribution in [0.25, 0.3) is 0 Å². The van der Waals surface area contributed by atoms with Gasteiger partial charge in [-0.25, -0.2) is 8.42 Å². The first-order valence-corrected chi connectivity index (χ1v) is 12.4. The zero-order valence-corrected chi connectivity index (χ0v) is 20.3. The van der Waals surface area contributed by atoms with E-state index in [4.69, 9.17) is 11.6 Å². The molecule has 0 radical (unpaired) electrons. The second-order valence-electron chi connectivity index (χ2n) is 8.10. The van der Waals surface area contributed by atoms with Gasteiger partial charge in [-0.2, -0.15) is 17.5 Å². The van der Waals surface area contributed by atoms with E-state index in [1.807, 2.05) is 0 Å². The number of hydrogen-bond donors (Lipinski definition) is 2. The van der Waals surface area contributed by atoms with Crippen LogP contribution in [0.2, 0.25) is 5.02 Å². The molecule has 1 aliphatic rings. The fourth-order valence-electron chi connectivity index (χ4n) is 4.06. The van der Waals surface area contributed by atoms with Crippen LogP contribution < -0.4 is 4.90 Å².